The van der Waals surface area contributed by atoms with Crippen LogP contribution in [0.2, 0.25) is 0 Å². The van der Waals surface area contributed by atoms with Crippen LogP contribution < -0.4 is 26.2 Å². The van der Waals surface area contributed by atoms with Crippen molar-refractivity contribution in [2.45, 2.75) is 38.0 Å². The summed E-state index contributed by atoms with van der Waals surface area (Å²) in [5, 5.41) is 0. The quantitative estimate of drug-likeness (QED) is 0.133. The van der Waals surface area contributed by atoms with Crippen molar-refractivity contribution in [1.82, 2.24) is 0 Å². The molecule has 0 unspecified atom stereocenters. The van der Waals surface area contributed by atoms with E-state index in [1.165, 1.54) is 0 Å². The van der Waals surface area contributed by atoms with Gasteiger partial charge >= 0.3 is 0 Å². The van der Waals surface area contributed by atoms with Crippen molar-refractivity contribution in [2.24, 2.45) is 0 Å². The summed E-state index contributed by atoms with van der Waals surface area (Å²) in [7, 11) is 0. The highest BCUT2D eigenvalue weighted by Gasteiger charge is 2.46. The Morgan fingerprint density at radius 2 is 0.707 bits per heavy atom. The second kappa shape index (κ2) is 19.2. The molecule has 0 spiro atoms. The molecule has 1 aliphatic carbocycles. The Morgan fingerprint density at radius 1 is 0.333 bits per heavy atom. The van der Waals surface area contributed by atoms with Gasteiger partial charge in [-0.1, -0.05) is 261 Å². The molecule has 1 saturated carbocycles. The number of benzene rings is 11. The molecule has 75 heavy (non-hydrogen) atoms. The van der Waals surface area contributed by atoms with Gasteiger partial charge in [0.25, 0.3) is 6.71 Å². The van der Waals surface area contributed by atoms with Crippen LogP contribution >= 0.6 is 0 Å². The fourth-order valence-corrected chi connectivity index (χ4v) is 11.3. The van der Waals surface area contributed by atoms with Gasteiger partial charge < -0.3 is 9.80 Å². The van der Waals surface area contributed by atoms with E-state index in [0.29, 0.717) is 64.4 Å². The van der Waals surface area contributed by atoms with Crippen LogP contribution in [0.4, 0.5) is 34.1 Å². The molecule has 0 amide bonds. The van der Waals surface area contributed by atoms with Crippen molar-refractivity contribution < 1.29 is 35.6 Å². The number of hydrogen-bond acceptors (Lipinski definition) is 2. The van der Waals surface area contributed by atoms with Gasteiger partial charge in [-0.25, -0.2) is 0 Å². The molecule has 0 N–H and O–H groups in total. The summed E-state index contributed by atoms with van der Waals surface area (Å²) in [6, 6.07) is 10.4. The molecule has 2 aliphatic heterocycles. The highest BCUT2D eigenvalue weighted by Crippen LogP contribution is 2.54. The minimum Gasteiger partial charge on any atom is -0.310 e. The average molecular weight is 985 g/mol. The molecule has 2 nitrogen and oxygen atoms in total. The molecular formula is C72H55BN2. The highest BCUT2D eigenvalue weighted by molar-refractivity contribution is 7.00. The maximum absolute atomic E-state index is 10.2. The Hall–Kier alpha value is -8.92. The van der Waals surface area contributed by atoms with Crippen LogP contribution in [0.1, 0.15) is 79.2 Å². The third-order valence-electron chi connectivity index (χ3n) is 14.5. The molecule has 0 saturated heterocycles. The van der Waals surface area contributed by atoms with E-state index in [2.05, 4.69) is 0 Å². The third-order valence-corrected chi connectivity index (χ3v) is 14.5. The third kappa shape index (κ3) is 7.90. The van der Waals surface area contributed by atoms with Crippen LogP contribution in [0.3, 0.4) is 0 Å². The van der Waals surface area contributed by atoms with E-state index < -0.39 is 220 Å². The van der Waals surface area contributed by atoms with Crippen LogP contribution in [-0.4, -0.2) is 6.71 Å². The van der Waals surface area contributed by atoms with E-state index in [-0.39, 0.29) is 34.1 Å². The average Bonchev–Trinajstić information content (AvgIpc) is 0.685. The van der Waals surface area contributed by atoms with Gasteiger partial charge in [-0.2, -0.15) is 0 Å². The minimum atomic E-state index is -1.07. The number of anilines is 6. The standard InChI is InChI=1S/C72H55BN2/c1-8-24-50(25-9-1)57-42-44-66-64(46-57)73-65-47-58(51-26-10-2-11-27-51)43-45-67(65)75(72-62(55-34-18-6-19-35-55)40-23-41-63(72)56-36-20-7-21-37-56)69-49-59(52-28-12-3-13-29-52)48-68(70(69)73)74(66)71-60(53-30-14-4-15-31-53)38-22-39-61(71)54-32-16-5-17-33-54/h1-2,4-11,14-27,30-49,52H,3,12-13,28-29H2/i4D,5D,6D,7D,14D,15D,16D,17D,18D,19D,20D,21D,22D,23D,30D,31D,32D,33D,34D,35D,36D,37D,38D,39D,40D,41D. The van der Waals surface area contributed by atoms with Crippen LogP contribution in [0, 0.1) is 0 Å². The first-order valence-electron chi connectivity index (χ1n) is 37.8. The van der Waals surface area contributed by atoms with Crippen LogP contribution in [0.5, 0.6) is 0 Å². The van der Waals surface area contributed by atoms with E-state index in [9.17, 15) is 19.2 Å². The lowest BCUT2D eigenvalue weighted by Gasteiger charge is -2.46. The Balaban J connectivity index is 1.28. The zero-order chi connectivity index (χ0) is 72.3. The summed E-state index contributed by atoms with van der Waals surface area (Å²) in [4.78, 5) is 3.09. The van der Waals surface area contributed by atoms with E-state index in [0.717, 1.165) is 6.42 Å². The zero-order valence-electron chi connectivity index (χ0n) is 66.0. The second-order valence-electron chi connectivity index (χ2n) is 18.6. The first kappa shape index (κ1) is 25.4. The number of rotatable bonds is 9. The van der Waals surface area contributed by atoms with Crippen LogP contribution in [0.15, 0.2) is 266 Å². The molecule has 11 aromatic rings. The van der Waals surface area contributed by atoms with Gasteiger partial charge in [0.1, 0.15) is 0 Å². The lowest BCUT2D eigenvalue weighted by atomic mass is 9.33. The van der Waals surface area contributed by atoms with Crippen molar-refractivity contribution in [3.05, 3.63) is 272 Å². The molecule has 0 aromatic heterocycles. The minimum absolute atomic E-state index is 0.107. The molecule has 0 bridgehead atoms. The van der Waals surface area contributed by atoms with Crippen molar-refractivity contribution in [3.63, 3.8) is 0 Å². The summed E-state index contributed by atoms with van der Waals surface area (Å²) in [6.07, 6.45) is 3.38. The van der Waals surface area contributed by atoms with Gasteiger partial charge in [-0.15, -0.1) is 0 Å². The van der Waals surface area contributed by atoms with E-state index in [1.807, 2.05) is 84.9 Å². The Bertz CT molecular complexity index is 4820. The Labute approximate surface area is 478 Å². The monoisotopic (exact) mass is 985 g/mol. The molecule has 0 radical (unpaired) electrons. The second-order valence-corrected chi connectivity index (χ2v) is 18.6. The SMILES string of the molecule is [2H]c1c([2H])c([2H])c(-c2c([2H])c([2H])c([2H])c(-c3c([2H])c([2H])c([2H])c([2H])c3[2H])c2N2c3ccc(-c4ccccc4)cc3B3c4cc(-c5ccccc5)ccc4N(c4c(-c5c([2H])c([2H])c([2H])c([2H])c5[2H])c([2H])c([2H])c([2H])c4-c4c([2H])c([2H])c([2H])c([2H])c4[2H])c4cc(C5CCCCC5)cc2c43)c([2H])c1[2H]. The van der Waals surface area contributed by atoms with E-state index in [4.69, 9.17) is 16.4 Å². The molecule has 2 heterocycles. The van der Waals surface area contributed by atoms with Gasteiger partial charge in [0.15, 0.2) is 0 Å². The van der Waals surface area contributed by atoms with Crippen LogP contribution in [0.25, 0.3) is 66.8 Å². The van der Waals surface area contributed by atoms with Gasteiger partial charge in [-0.3, -0.25) is 0 Å². The molecule has 3 aliphatic rings. The van der Waals surface area contributed by atoms with Crippen molar-refractivity contribution in [1.29, 1.82) is 0 Å². The fraction of sp³-hybridized carbons (Fsp3) is 0.0833. The zero-order valence-corrected chi connectivity index (χ0v) is 40.0. The smallest absolute Gasteiger partial charge is 0.252 e. The normalized spacial score (nSPS) is 18.6. The van der Waals surface area contributed by atoms with Crippen molar-refractivity contribution >= 4 is 57.2 Å². The van der Waals surface area contributed by atoms with Gasteiger partial charge in [0, 0.05) is 45.0 Å². The number of para-hydroxylation sites is 2. The number of hydrogen-bond donors (Lipinski definition) is 0. The summed E-state index contributed by atoms with van der Waals surface area (Å²) < 4.78 is 246. The molecule has 356 valence electrons. The predicted octanol–water partition coefficient (Wildman–Crippen LogP) is 17.8. The predicted molar refractivity (Wildman–Crippen MR) is 319 cm³/mol. The summed E-state index contributed by atoms with van der Waals surface area (Å²) >= 11 is 0. The maximum atomic E-state index is 10.2. The number of fused-ring (bicyclic) bond motifs is 4. The topological polar surface area (TPSA) is 6.48 Å². The molecular weight excluding hydrogens is 904 g/mol. The molecule has 3 heteroatoms. The molecule has 0 atom stereocenters. The molecule has 1 fully saturated rings. The van der Waals surface area contributed by atoms with Crippen molar-refractivity contribution in [2.75, 3.05) is 9.80 Å². The summed E-state index contributed by atoms with van der Waals surface area (Å²) in [5.74, 6) is -0.360. The lowest BCUT2D eigenvalue weighted by molar-refractivity contribution is 0.444. The van der Waals surface area contributed by atoms with Crippen molar-refractivity contribution in [3.8, 4) is 66.8 Å². The highest BCUT2D eigenvalue weighted by atomic mass is 15.2. The van der Waals surface area contributed by atoms with E-state index in [1.54, 1.807) is 34.1 Å². The van der Waals surface area contributed by atoms with E-state index >= 15 is 0 Å². The molecule has 14 rings (SSSR count). The molecule has 11 aromatic carbocycles. The lowest BCUT2D eigenvalue weighted by Crippen LogP contribution is -2.61. The van der Waals surface area contributed by atoms with Gasteiger partial charge in [-0.05, 0) is 109 Å². The number of nitrogens with zero attached hydrogens (tertiary/aromatic N) is 2. The summed E-state index contributed by atoms with van der Waals surface area (Å²) in [6.45, 7) is -1.07. The first-order chi connectivity index (χ1) is 48.0. The van der Waals surface area contributed by atoms with Gasteiger partial charge in [0.2, 0.25) is 0 Å². The van der Waals surface area contributed by atoms with Gasteiger partial charge in [0.05, 0.1) is 47.0 Å². The Morgan fingerprint density at radius 3 is 1.08 bits per heavy atom. The fourth-order valence-electron chi connectivity index (χ4n) is 11.3. The van der Waals surface area contributed by atoms with Crippen LogP contribution in [-0.2, 0) is 0 Å². The maximum Gasteiger partial charge on any atom is 0.252 e. The first-order valence-corrected chi connectivity index (χ1v) is 24.8. The summed E-state index contributed by atoms with van der Waals surface area (Å²) in [5.41, 5.74) is -1.09. The Kier molecular flexibility index (Phi) is 6.48. The largest absolute Gasteiger partial charge is 0.310 e.